The van der Waals surface area contributed by atoms with E-state index >= 15 is 0 Å². The molecule has 0 amide bonds. The van der Waals surface area contributed by atoms with Gasteiger partial charge in [0.15, 0.2) is 0 Å². The van der Waals surface area contributed by atoms with Crippen LogP contribution in [0.1, 0.15) is 18.9 Å². The zero-order chi connectivity index (χ0) is 10.1. The van der Waals surface area contributed by atoms with Gasteiger partial charge in [-0.05, 0) is 12.1 Å². The third-order valence-corrected chi connectivity index (χ3v) is 1.73. The van der Waals surface area contributed by atoms with Crippen molar-refractivity contribution in [2.75, 3.05) is 0 Å². The molecule has 0 aliphatic carbocycles. The van der Waals surface area contributed by atoms with Crippen molar-refractivity contribution in [3.05, 3.63) is 35.4 Å². The van der Waals surface area contributed by atoms with Crippen molar-refractivity contribution < 1.29 is 17.6 Å². The first kappa shape index (κ1) is 10.0. The van der Waals surface area contributed by atoms with Gasteiger partial charge in [-0.25, -0.2) is 17.6 Å². The van der Waals surface area contributed by atoms with Crippen LogP contribution in [0.5, 0.6) is 0 Å². The summed E-state index contributed by atoms with van der Waals surface area (Å²) in [4.78, 5) is 0. The van der Waals surface area contributed by atoms with Crippen molar-refractivity contribution in [1.29, 1.82) is 0 Å². The summed E-state index contributed by atoms with van der Waals surface area (Å²) in [6.07, 6.45) is -0.476. The first-order valence-corrected chi connectivity index (χ1v) is 3.80. The molecular formula is C9H8F4. The Morgan fingerprint density at radius 2 is 1.54 bits per heavy atom. The minimum atomic E-state index is -3.16. The number of halogens is 4. The third-order valence-electron chi connectivity index (χ3n) is 1.73. The second-order valence-corrected chi connectivity index (χ2v) is 2.72. The number of alkyl halides is 2. The second-order valence-electron chi connectivity index (χ2n) is 2.72. The molecule has 0 N–H and O–H groups in total. The molecule has 0 bridgehead atoms. The summed E-state index contributed by atoms with van der Waals surface area (Å²) in [7, 11) is 0. The molecule has 1 aromatic rings. The van der Waals surface area contributed by atoms with Crippen molar-refractivity contribution in [3.63, 3.8) is 0 Å². The van der Waals surface area contributed by atoms with Gasteiger partial charge in [-0.15, -0.1) is 0 Å². The van der Waals surface area contributed by atoms with E-state index in [4.69, 9.17) is 0 Å². The molecular weight excluding hydrogens is 184 g/mol. The van der Waals surface area contributed by atoms with Crippen LogP contribution < -0.4 is 0 Å². The third kappa shape index (κ3) is 2.20. The van der Waals surface area contributed by atoms with E-state index in [9.17, 15) is 17.6 Å². The van der Waals surface area contributed by atoms with E-state index < -0.39 is 29.5 Å². The Kier molecular flexibility index (Phi) is 2.59. The molecule has 0 aliphatic rings. The molecule has 0 unspecified atom stereocenters. The zero-order valence-corrected chi connectivity index (χ0v) is 6.95. The van der Waals surface area contributed by atoms with Crippen LogP contribution >= 0.6 is 0 Å². The van der Waals surface area contributed by atoms with Crippen molar-refractivity contribution in [2.24, 2.45) is 0 Å². The summed E-state index contributed by atoms with van der Waals surface area (Å²) in [5.41, 5.74) is -0.618. The van der Waals surface area contributed by atoms with Crippen LogP contribution in [-0.4, -0.2) is 0 Å². The summed E-state index contributed by atoms with van der Waals surface area (Å²) in [6.45, 7) is 1.25. The minimum Gasteiger partial charge on any atom is -0.207 e. The van der Waals surface area contributed by atoms with Crippen LogP contribution in [0.2, 0.25) is 0 Å². The van der Waals surface area contributed by atoms with E-state index in [1.165, 1.54) is 6.92 Å². The standard InChI is InChI=1S/C9H8F4/c1-2-9(12,13)6-3-7(10)5-8(11)4-6/h3-5H,2H2,1H3. The average Bonchev–Trinajstić information content (AvgIpc) is 2.02. The fourth-order valence-corrected chi connectivity index (χ4v) is 0.969. The Bertz CT molecular complexity index is 286. The van der Waals surface area contributed by atoms with Gasteiger partial charge in [0.05, 0.1) is 0 Å². The molecule has 0 fully saturated rings. The highest BCUT2D eigenvalue weighted by atomic mass is 19.3. The number of rotatable bonds is 2. The maximum Gasteiger partial charge on any atom is 0.273 e. The van der Waals surface area contributed by atoms with E-state index in [0.717, 1.165) is 0 Å². The van der Waals surface area contributed by atoms with Gasteiger partial charge in [0, 0.05) is 18.1 Å². The van der Waals surface area contributed by atoms with Gasteiger partial charge < -0.3 is 0 Å². The lowest BCUT2D eigenvalue weighted by Gasteiger charge is -2.13. The maximum absolute atomic E-state index is 12.9. The monoisotopic (exact) mass is 192 g/mol. The highest BCUT2D eigenvalue weighted by Gasteiger charge is 2.29. The minimum absolute atomic E-state index is 0.476. The number of hydrogen-bond donors (Lipinski definition) is 0. The highest BCUT2D eigenvalue weighted by Crippen LogP contribution is 2.31. The molecule has 0 atom stereocenters. The Morgan fingerprint density at radius 1 is 1.08 bits per heavy atom. The normalized spacial score (nSPS) is 11.8. The van der Waals surface area contributed by atoms with Crippen LogP contribution in [0, 0.1) is 11.6 Å². The Hall–Kier alpha value is -1.06. The van der Waals surface area contributed by atoms with Crippen LogP contribution in [0.3, 0.4) is 0 Å². The van der Waals surface area contributed by atoms with Crippen molar-refractivity contribution in [1.82, 2.24) is 0 Å². The number of benzene rings is 1. The largest absolute Gasteiger partial charge is 0.273 e. The summed E-state index contributed by atoms with van der Waals surface area (Å²) in [6, 6.07) is 1.86. The molecule has 0 saturated heterocycles. The molecule has 13 heavy (non-hydrogen) atoms. The first-order chi connectivity index (χ1) is 5.95. The second kappa shape index (κ2) is 3.36. The molecule has 1 rings (SSSR count). The maximum atomic E-state index is 12.9. The van der Waals surface area contributed by atoms with Crippen molar-refractivity contribution in [3.8, 4) is 0 Å². The molecule has 0 aliphatic heterocycles. The smallest absolute Gasteiger partial charge is 0.207 e. The molecule has 0 aromatic heterocycles. The van der Waals surface area contributed by atoms with Gasteiger partial charge in [0.25, 0.3) is 5.92 Å². The molecule has 4 heteroatoms. The molecule has 0 radical (unpaired) electrons. The predicted molar refractivity (Wildman–Crippen MR) is 40.5 cm³/mol. The quantitative estimate of drug-likeness (QED) is 0.629. The predicted octanol–water partition coefficient (Wildman–Crippen LogP) is 3.47. The molecule has 0 saturated carbocycles. The summed E-state index contributed by atoms with van der Waals surface area (Å²) < 4.78 is 50.9. The van der Waals surface area contributed by atoms with Gasteiger partial charge in [-0.3, -0.25) is 0 Å². The lowest BCUT2D eigenvalue weighted by atomic mass is 10.1. The Morgan fingerprint density at radius 3 is 1.92 bits per heavy atom. The van der Waals surface area contributed by atoms with Gasteiger partial charge in [-0.1, -0.05) is 6.92 Å². The summed E-state index contributed by atoms with van der Waals surface area (Å²) >= 11 is 0. The highest BCUT2D eigenvalue weighted by molar-refractivity contribution is 5.22. The van der Waals surface area contributed by atoms with Crippen molar-refractivity contribution in [2.45, 2.75) is 19.3 Å². The Labute approximate surface area is 73.2 Å². The molecule has 72 valence electrons. The fourth-order valence-electron chi connectivity index (χ4n) is 0.969. The molecule has 0 nitrogen and oxygen atoms in total. The van der Waals surface area contributed by atoms with Gasteiger partial charge in [-0.2, -0.15) is 0 Å². The van der Waals surface area contributed by atoms with Gasteiger partial charge >= 0.3 is 0 Å². The van der Waals surface area contributed by atoms with Crippen LogP contribution in [0.15, 0.2) is 18.2 Å². The van der Waals surface area contributed by atoms with E-state index in [2.05, 4.69) is 0 Å². The van der Waals surface area contributed by atoms with Crippen LogP contribution in [0.25, 0.3) is 0 Å². The summed E-state index contributed by atoms with van der Waals surface area (Å²) in [5, 5.41) is 0. The topological polar surface area (TPSA) is 0 Å². The average molecular weight is 192 g/mol. The zero-order valence-electron chi connectivity index (χ0n) is 6.95. The van der Waals surface area contributed by atoms with Gasteiger partial charge in [0.2, 0.25) is 0 Å². The lowest BCUT2D eigenvalue weighted by Crippen LogP contribution is -2.12. The van der Waals surface area contributed by atoms with E-state index in [1.807, 2.05) is 0 Å². The SMILES string of the molecule is CCC(F)(F)c1cc(F)cc(F)c1. The molecule has 0 spiro atoms. The van der Waals surface area contributed by atoms with Crippen molar-refractivity contribution >= 4 is 0 Å². The van der Waals surface area contributed by atoms with Gasteiger partial charge in [0.1, 0.15) is 11.6 Å². The van der Waals surface area contributed by atoms with E-state index in [-0.39, 0.29) is 0 Å². The number of hydrogen-bond acceptors (Lipinski definition) is 0. The molecule has 1 aromatic carbocycles. The van der Waals surface area contributed by atoms with E-state index in [1.54, 1.807) is 0 Å². The summed E-state index contributed by atoms with van der Waals surface area (Å²) in [5.74, 6) is -5.13. The Balaban J connectivity index is 3.15. The molecule has 0 heterocycles. The van der Waals surface area contributed by atoms with Crippen LogP contribution in [0.4, 0.5) is 17.6 Å². The van der Waals surface area contributed by atoms with E-state index in [0.29, 0.717) is 18.2 Å². The van der Waals surface area contributed by atoms with Crippen LogP contribution in [-0.2, 0) is 5.92 Å². The lowest BCUT2D eigenvalue weighted by molar-refractivity contribution is -0.00887. The fraction of sp³-hybridized carbons (Fsp3) is 0.333. The first-order valence-electron chi connectivity index (χ1n) is 3.80.